The summed E-state index contributed by atoms with van der Waals surface area (Å²) in [5, 5.41) is 16.6. The zero-order chi connectivity index (χ0) is 17.2. The molecule has 1 amide bonds. The van der Waals surface area contributed by atoms with Gasteiger partial charge in [-0.2, -0.15) is 15.3 Å². The van der Waals surface area contributed by atoms with Gasteiger partial charge in [-0.1, -0.05) is 6.92 Å². The fourth-order valence-corrected chi connectivity index (χ4v) is 2.79. The van der Waals surface area contributed by atoms with Crippen molar-refractivity contribution in [3.05, 3.63) is 24.7 Å². The minimum Gasteiger partial charge on any atom is -0.321 e. The molecule has 1 saturated heterocycles. The number of aryl methyl sites for hydroxylation is 1. The third-order valence-corrected chi connectivity index (χ3v) is 4.37. The van der Waals surface area contributed by atoms with Crippen LogP contribution in [0.3, 0.4) is 0 Å². The Labute approximate surface area is 140 Å². The van der Waals surface area contributed by atoms with Gasteiger partial charge in [0, 0.05) is 25.5 Å². The number of anilines is 3. The second-order valence-electron chi connectivity index (χ2n) is 5.70. The molecule has 0 spiro atoms. The van der Waals surface area contributed by atoms with Crippen LogP contribution in [0.1, 0.15) is 26.7 Å². The number of hydrogen-bond donors (Lipinski definition) is 1. The number of nitrogens with one attached hydrogen (secondary N) is 1. The molecule has 1 N–H and O–H groups in total. The first-order valence-electron chi connectivity index (χ1n) is 7.97. The van der Waals surface area contributed by atoms with E-state index >= 15 is 0 Å². The van der Waals surface area contributed by atoms with Crippen molar-refractivity contribution in [2.75, 3.05) is 16.8 Å². The first-order chi connectivity index (χ1) is 11.6. The van der Waals surface area contributed by atoms with E-state index in [1.165, 1.54) is 0 Å². The average Bonchev–Trinajstić information content (AvgIpc) is 3.19. The van der Waals surface area contributed by atoms with Crippen LogP contribution in [0.15, 0.2) is 24.7 Å². The van der Waals surface area contributed by atoms with Crippen molar-refractivity contribution >= 4 is 23.4 Å². The molecule has 8 heteroatoms. The Morgan fingerprint density at radius 1 is 1.46 bits per heavy atom. The van der Waals surface area contributed by atoms with Crippen LogP contribution in [0.2, 0.25) is 0 Å². The zero-order valence-electron chi connectivity index (χ0n) is 13.7. The number of hydrogen-bond acceptors (Lipinski definition) is 6. The Balaban J connectivity index is 1.81. The fraction of sp³-hybridized carbons (Fsp3) is 0.438. The number of nitrogens with zero attached hydrogens (tertiary/aromatic N) is 6. The van der Waals surface area contributed by atoms with Gasteiger partial charge in [-0.05, 0) is 25.8 Å². The highest BCUT2D eigenvalue weighted by Gasteiger charge is 2.46. The number of carbonyl (C=O) groups excluding carboxylic acids is 1. The SMILES string of the molecule is CCn1cc(Nc2nccc(N3CC[C@@](C#N)(CC)C3=O)n2)cn1. The number of rotatable bonds is 5. The van der Waals surface area contributed by atoms with E-state index in [4.69, 9.17) is 0 Å². The molecule has 0 saturated carbocycles. The lowest BCUT2D eigenvalue weighted by atomic mass is 9.85. The van der Waals surface area contributed by atoms with Crippen LogP contribution in [-0.4, -0.2) is 32.2 Å². The molecule has 3 heterocycles. The first-order valence-corrected chi connectivity index (χ1v) is 7.97. The summed E-state index contributed by atoms with van der Waals surface area (Å²) in [7, 11) is 0. The van der Waals surface area contributed by atoms with E-state index in [2.05, 4.69) is 26.5 Å². The molecule has 2 aromatic rings. The van der Waals surface area contributed by atoms with E-state index in [0.717, 1.165) is 12.2 Å². The van der Waals surface area contributed by atoms with E-state index in [1.807, 2.05) is 20.0 Å². The highest BCUT2D eigenvalue weighted by Crippen LogP contribution is 2.36. The van der Waals surface area contributed by atoms with Crippen molar-refractivity contribution in [1.82, 2.24) is 19.7 Å². The molecular weight excluding hydrogens is 306 g/mol. The van der Waals surface area contributed by atoms with E-state index in [9.17, 15) is 10.1 Å². The molecule has 8 nitrogen and oxygen atoms in total. The summed E-state index contributed by atoms with van der Waals surface area (Å²) in [5.74, 6) is 0.712. The molecule has 0 bridgehead atoms. The minimum atomic E-state index is -0.930. The second kappa shape index (κ2) is 6.28. The molecule has 1 atom stereocenters. The second-order valence-corrected chi connectivity index (χ2v) is 5.70. The number of carbonyl (C=O) groups is 1. The highest BCUT2D eigenvalue weighted by molar-refractivity contribution is 6.01. The average molecular weight is 325 g/mol. The van der Waals surface area contributed by atoms with Crippen LogP contribution in [0.4, 0.5) is 17.5 Å². The largest absolute Gasteiger partial charge is 0.321 e. The molecule has 1 aliphatic heterocycles. The molecule has 3 rings (SSSR count). The Kier molecular flexibility index (Phi) is 4.16. The van der Waals surface area contributed by atoms with Gasteiger partial charge in [0.25, 0.3) is 0 Å². The molecule has 1 aliphatic rings. The quantitative estimate of drug-likeness (QED) is 0.903. The third-order valence-electron chi connectivity index (χ3n) is 4.37. The highest BCUT2D eigenvalue weighted by atomic mass is 16.2. The summed E-state index contributed by atoms with van der Waals surface area (Å²) in [6.07, 6.45) is 6.17. The lowest BCUT2D eigenvalue weighted by molar-refractivity contribution is -0.123. The molecule has 0 radical (unpaired) electrons. The molecule has 124 valence electrons. The van der Waals surface area contributed by atoms with Gasteiger partial charge in [0.1, 0.15) is 11.2 Å². The van der Waals surface area contributed by atoms with Gasteiger partial charge in [0.15, 0.2) is 0 Å². The topological polar surface area (TPSA) is 99.7 Å². The smallest absolute Gasteiger partial charge is 0.248 e. The van der Waals surface area contributed by atoms with Gasteiger partial charge in [-0.3, -0.25) is 14.4 Å². The normalized spacial score (nSPS) is 20.2. The van der Waals surface area contributed by atoms with Crippen LogP contribution >= 0.6 is 0 Å². The van der Waals surface area contributed by atoms with Crippen molar-refractivity contribution in [2.24, 2.45) is 5.41 Å². The van der Waals surface area contributed by atoms with Crippen molar-refractivity contribution in [2.45, 2.75) is 33.2 Å². The lowest BCUT2D eigenvalue weighted by Gasteiger charge is -2.19. The predicted octanol–water partition coefficient (Wildman–Crippen LogP) is 2.09. The molecular formula is C16H19N7O. The third kappa shape index (κ3) is 2.69. The maximum Gasteiger partial charge on any atom is 0.248 e. The first kappa shape index (κ1) is 15.9. The van der Waals surface area contributed by atoms with Crippen LogP contribution < -0.4 is 10.2 Å². The van der Waals surface area contributed by atoms with Crippen molar-refractivity contribution in [1.29, 1.82) is 5.26 Å². The summed E-state index contributed by atoms with van der Waals surface area (Å²) in [6, 6.07) is 3.86. The number of nitriles is 1. The maximum absolute atomic E-state index is 12.6. The van der Waals surface area contributed by atoms with Crippen LogP contribution in [-0.2, 0) is 11.3 Å². The van der Waals surface area contributed by atoms with E-state index < -0.39 is 5.41 Å². The van der Waals surface area contributed by atoms with Gasteiger partial charge in [0.2, 0.25) is 11.9 Å². The summed E-state index contributed by atoms with van der Waals surface area (Å²) in [6.45, 7) is 5.13. The molecule has 24 heavy (non-hydrogen) atoms. The van der Waals surface area contributed by atoms with Crippen molar-refractivity contribution < 1.29 is 4.79 Å². The molecule has 2 aromatic heterocycles. The predicted molar refractivity (Wildman–Crippen MR) is 88.5 cm³/mol. The summed E-state index contributed by atoms with van der Waals surface area (Å²) < 4.78 is 1.79. The summed E-state index contributed by atoms with van der Waals surface area (Å²) in [4.78, 5) is 22.8. The zero-order valence-corrected chi connectivity index (χ0v) is 13.7. The summed E-state index contributed by atoms with van der Waals surface area (Å²) >= 11 is 0. The maximum atomic E-state index is 12.6. The van der Waals surface area contributed by atoms with Gasteiger partial charge in [0.05, 0.1) is 18.0 Å². The molecule has 0 aliphatic carbocycles. The van der Waals surface area contributed by atoms with E-state index in [-0.39, 0.29) is 5.91 Å². The van der Waals surface area contributed by atoms with Gasteiger partial charge >= 0.3 is 0 Å². The standard InChI is InChI=1S/C16H19N7O/c1-3-16(11-17)6-8-23(14(16)24)13-5-7-18-15(21-13)20-12-9-19-22(4-2)10-12/h5,7,9-10H,3-4,6,8H2,1-2H3,(H,18,20,21)/t16-/m1/s1. The number of aromatic nitrogens is 4. The molecule has 0 aromatic carbocycles. The fourth-order valence-electron chi connectivity index (χ4n) is 2.79. The van der Waals surface area contributed by atoms with Gasteiger partial charge in [-0.25, -0.2) is 4.98 Å². The van der Waals surface area contributed by atoms with Crippen LogP contribution in [0, 0.1) is 16.7 Å². The Bertz CT molecular complexity index is 794. The lowest BCUT2D eigenvalue weighted by Crippen LogP contribution is -2.33. The monoisotopic (exact) mass is 325 g/mol. The summed E-state index contributed by atoms with van der Waals surface area (Å²) in [5.41, 5.74) is -0.150. The van der Waals surface area contributed by atoms with E-state index in [0.29, 0.717) is 31.2 Å². The Morgan fingerprint density at radius 3 is 2.92 bits per heavy atom. The Morgan fingerprint density at radius 2 is 2.29 bits per heavy atom. The Hall–Kier alpha value is -2.95. The molecule has 0 unspecified atom stereocenters. The van der Waals surface area contributed by atoms with Crippen molar-refractivity contribution in [3.63, 3.8) is 0 Å². The van der Waals surface area contributed by atoms with Crippen LogP contribution in [0.25, 0.3) is 0 Å². The molecule has 1 fully saturated rings. The van der Waals surface area contributed by atoms with Crippen molar-refractivity contribution in [3.8, 4) is 6.07 Å². The van der Waals surface area contributed by atoms with Gasteiger partial charge in [-0.15, -0.1) is 0 Å². The number of amides is 1. The minimum absolute atomic E-state index is 0.184. The van der Waals surface area contributed by atoms with E-state index in [1.54, 1.807) is 28.0 Å². The van der Waals surface area contributed by atoms with Crippen LogP contribution in [0.5, 0.6) is 0 Å². The van der Waals surface area contributed by atoms with Gasteiger partial charge < -0.3 is 5.32 Å².